The Labute approximate surface area is 80.2 Å². The van der Waals surface area contributed by atoms with Crippen LogP contribution in [0.4, 0.5) is 0 Å². The summed E-state index contributed by atoms with van der Waals surface area (Å²) in [6.45, 7) is 1.54. The molecule has 0 unspecified atom stereocenters. The number of hydrogen-bond donors (Lipinski definition) is 1. The minimum absolute atomic E-state index is 0.0405. The molecular formula is C10H10N2O2. The standard InChI is InChI=1S/C10H10N2O2/c1-7(13)4-8-6-12-3-2-9(14)5-10(12)11-8/h2-3,5-6,11H,4H2,1H3. The van der Waals surface area contributed by atoms with Crippen LogP contribution in [0.2, 0.25) is 0 Å². The van der Waals surface area contributed by atoms with E-state index in [0.717, 1.165) is 5.69 Å². The van der Waals surface area contributed by atoms with Crippen LogP contribution in [0.15, 0.2) is 29.3 Å². The van der Waals surface area contributed by atoms with Crippen LogP contribution in [0, 0.1) is 0 Å². The summed E-state index contributed by atoms with van der Waals surface area (Å²) in [5.74, 6) is 0.0968. The Hall–Kier alpha value is -1.84. The zero-order valence-corrected chi connectivity index (χ0v) is 7.78. The van der Waals surface area contributed by atoms with Crippen LogP contribution in [0.25, 0.3) is 5.65 Å². The third-order valence-corrected chi connectivity index (χ3v) is 1.98. The minimum atomic E-state index is -0.0405. The Morgan fingerprint density at radius 3 is 3.07 bits per heavy atom. The van der Waals surface area contributed by atoms with Crippen molar-refractivity contribution >= 4 is 11.4 Å². The molecule has 0 aliphatic carbocycles. The van der Waals surface area contributed by atoms with Crippen molar-refractivity contribution in [2.75, 3.05) is 0 Å². The van der Waals surface area contributed by atoms with E-state index in [2.05, 4.69) is 4.98 Å². The molecule has 0 saturated heterocycles. The molecule has 4 nitrogen and oxygen atoms in total. The molecule has 0 fully saturated rings. The van der Waals surface area contributed by atoms with Gasteiger partial charge in [0, 0.05) is 36.6 Å². The van der Waals surface area contributed by atoms with E-state index in [1.165, 1.54) is 19.1 Å². The number of aromatic nitrogens is 2. The molecule has 2 aromatic rings. The van der Waals surface area contributed by atoms with E-state index >= 15 is 0 Å². The third-order valence-electron chi connectivity index (χ3n) is 1.98. The van der Waals surface area contributed by atoms with Gasteiger partial charge in [0.15, 0.2) is 5.43 Å². The summed E-state index contributed by atoms with van der Waals surface area (Å²) in [4.78, 5) is 24.9. The van der Waals surface area contributed by atoms with Gasteiger partial charge in [-0.2, -0.15) is 0 Å². The Bertz CT molecular complexity index is 536. The Morgan fingerprint density at radius 1 is 1.57 bits per heavy atom. The second kappa shape index (κ2) is 3.14. The first-order valence-electron chi connectivity index (χ1n) is 4.34. The molecule has 2 heterocycles. The summed E-state index contributed by atoms with van der Waals surface area (Å²) in [7, 11) is 0. The quantitative estimate of drug-likeness (QED) is 0.760. The number of H-pyrrole nitrogens is 1. The van der Waals surface area contributed by atoms with Crippen molar-refractivity contribution in [1.82, 2.24) is 9.38 Å². The van der Waals surface area contributed by atoms with Gasteiger partial charge in [0.1, 0.15) is 11.4 Å². The van der Waals surface area contributed by atoms with E-state index < -0.39 is 0 Å². The highest BCUT2D eigenvalue weighted by atomic mass is 16.1. The third kappa shape index (κ3) is 1.59. The molecule has 0 amide bonds. The fourth-order valence-electron chi connectivity index (χ4n) is 1.43. The number of pyridine rings is 1. The van der Waals surface area contributed by atoms with Crippen molar-refractivity contribution in [2.24, 2.45) is 0 Å². The zero-order chi connectivity index (χ0) is 10.1. The highest BCUT2D eigenvalue weighted by Crippen LogP contribution is 2.03. The predicted octanol–water partition coefficient (Wildman–Crippen LogP) is 0.759. The van der Waals surface area contributed by atoms with E-state index in [9.17, 15) is 9.59 Å². The van der Waals surface area contributed by atoms with Gasteiger partial charge >= 0.3 is 0 Å². The molecule has 2 aromatic heterocycles. The lowest BCUT2D eigenvalue weighted by atomic mass is 10.2. The molecule has 72 valence electrons. The second-order valence-electron chi connectivity index (χ2n) is 3.31. The van der Waals surface area contributed by atoms with E-state index in [0.29, 0.717) is 12.1 Å². The number of carbonyl (C=O) groups is 1. The summed E-state index contributed by atoms with van der Waals surface area (Å²) in [6.07, 6.45) is 3.86. The number of ketones is 1. The fraction of sp³-hybridized carbons (Fsp3) is 0.200. The van der Waals surface area contributed by atoms with E-state index in [4.69, 9.17) is 0 Å². The van der Waals surface area contributed by atoms with Gasteiger partial charge < -0.3 is 9.38 Å². The summed E-state index contributed by atoms with van der Waals surface area (Å²) >= 11 is 0. The maximum atomic E-state index is 11.0. The minimum Gasteiger partial charge on any atom is -0.343 e. The van der Waals surface area contributed by atoms with Gasteiger partial charge in [0.2, 0.25) is 0 Å². The molecule has 0 radical (unpaired) electrons. The largest absolute Gasteiger partial charge is 0.343 e. The maximum Gasteiger partial charge on any atom is 0.183 e. The van der Waals surface area contributed by atoms with Crippen LogP contribution < -0.4 is 5.43 Å². The van der Waals surface area contributed by atoms with Crippen LogP contribution >= 0.6 is 0 Å². The lowest BCUT2D eigenvalue weighted by molar-refractivity contribution is -0.116. The summed E-state index contributed by atoms with van der Waals surface area (Å²) < 4.78 is 1.79. The van der Waals surface area contributed by atoms with Crippen molar-refractivity contribution in [3.8, 4) is 0 Å². The number of carbonyl (C=O) groups excluding carboxylic acids is 1. The molecular weight excluding hydrogens is 180 g/mol. The van der Waals surface area contributed by atoms with Gasteiger partial charge in [-0.05, 0) is 6.92 Å². The zero-order valence-electron chi connectivity index (χ0n) is 7.78. The van der Waals surface area contributed by atoms with Gasteiger partial charge in [-0.15, -0.1) is 0 Å². The van der Waals surface area contributed by atoms with Crippen molar-refractivity contribution < 1.29 is 4.79 Å². The van der Waals surface area contributed by atoms with Crippen LogP contribution in [0.1, 0.15) is 12.6 Å². The summed E-state index contributed by atoms with van der Waals surface area (Å²) in [5, 5.41) is 0. The van der Waals surface area contributed by atoms with Crippen LogP contribution in [0.5, 0.6) is 0 Å². The molecule has 14 heavy (non-hydrogen) atoms. The number of hydrogen-bond acceptors (Lipinski definition) is 2. The molecule has 0 aliphatic rings. The van der Waals surface area contributed by atoms with Crippen molar-refractivity contribution in [3.63, 3.8) is 0 Å². The maximum absolute atomic E-state index is 11.0. The molecule has 0 aliphatic heterocycles. The number of rotatable bonds is 2. The van der Waals surface area contributed by atoms with Crippen LogP contribution in [-0.4, -0.2) is 15.2 Å². The Kier molecular flexibility index (Phi) is 1.96. The lowest BCUT2D eigenvalue weighted by Gasteiger charge is -1.87. The highest BCUT2D eigenvalue weighted by Gasteiger charge is 2.01. The average molecular weight is 190 g/mol. The molecule has 0 bridgehead atoms. The Balaban J connectivity index is 2.51. The van der Waals surface area contributed by atoms with E-state index in [1.807, 2.05) is 6.20 Å². The van der Waals surface area contributed by atoms with Gasteiger partial charge in [0.25, 0.3) is 0 Å². The van der Waals surface area contributed by atoms with Crippen molar-refractivity contribution in [2.45, 2.75) is 13.3 Å². The topological polar surface area (TPSA) is 54.3 Å². The number of nitrogens with zero attached hydrogens (tertiary/aromatic N) is 1. The first-order valence-corrected chi connectivity index (χ1v) is 4.34. The Morgan fingerprint density at radius 2 is 2.36 bits per heavy atom. The summed E-state index contributed by atoms with van der Waals surface area (Å²) in [5.41, 5.74) is 1.50. The number of Topliss-reactive ketones (excluding diaryl/α,β-unsaturated/α-hetero) is 1. The van der Waals surface area contributed by atoms with Crippen LogP contribution in [0.3, 0.4) is 0 Å². The molecule has 0 atom stereocenters. The number of nitrogens with one attached hydrogen (secondary N) is 1. The smallest absolute Gasteiger partial charge is 0.183 e. The van der Waals surface area contributed by atoms with E-state index in [-0.39, 0.29) is 11.2 Å². The monoisotopic (exact) mass is 190 g/mol. The van der Waals surface area contributed by atoms with Gasteiger partial charge in [0.05, 0.1) is 0 Å². The molecule has 0 aromatic carbocycles. The lowest BCUT2D eigenvalue weighted by Crippen LogP contribution is -1.97. The summed E-state index contributed by atoms with van der Waals surface area (Å²) in [6, 6.07) is 2.99. The van der Waals surface area contributed by atoms with Crippen LogP contribution in [-0.2, 0) is 11.2 Å². The van der Waals surface area contributed by atoms with Crippen molar-refractivity contribution in [3.05, 3.63) is 40.4 Å². The average Bonchev–Trinajstić information content (AvgIpc) is 2.44. The number of imidazole rings is 1. The fourth-order valence-corrected chi connectivity index (χ4v) is 1.43. The first kappa shape index (κ1) is 8.74. The number of aromatic amines is 1. The van der Waals surface area contributed by atoms with Gasteiger partial charge in [-0.25, -0.2) is 0 Å². The van der Waals surface area contributed by atoms with Gasteiger partial charge in [-0.1, -0.05) is 0 Å². The molecule has 1 N–H and O–H groups in total. The molecule has 4 heteroatoms. The van der Waals surface area contributed by atoms with Crippen molar-refractivity contribution in [1.29, 1.82) is 0 Å². The first-order chi connectivity index (χ1) is 6.65. The van der Waals surface area contributed by atoms with Gasteiger partial charge in [-0.3, -0.25) is 9.59 Å². The molecule has 0 spiro atoms. The SMILES string of the molecule is CC(=O)Cc1cn2ccc(=O)cc2[nH]1. The van der Waals surface area contributed by atoms with E-state index in [1.54, 1.807) is 10.6 Å². The normalized spacial score (nSPS) is 10.6. The predicted molar refractivity (Wildman–Crippen MR) is 52.4 cm³/mol. The molecule has 2 rings (SSSR count). The second-order valence-corrected chi connectivity index (χ2v) is 3.31. The highest BCUT2D eigenvalue weighted by molar-refractivity contribution is 5.77. The number of fused-ring (bicyclic) bond motifs is 1. The molecule has 0 saturated carbocycles.